The van der Waals surface area contributed by atoms with E-state index in [0.717, 1.165) is 22.2 Å². The fourth-order valence-corrected chi connectivity index (χ4v) is 3.02. The molecule has 0 radical (unpaired) electrons. The molecule has 1 aromatic heterocycles. The van der Waals surface area contributed by atoms with Gasteiger partial charge in [-0.2, -0.15) is 0 Å². The Kier molecular flexibility index (Phi) is 6.69. The van der Waals surface area contributed by atoms with Gasteiger partial charge in [0.15, 0.2) is 0 Å². The molecule has 0 aliphatic carbocycles. The Labute approximate surface area is 169 Å². The first-order valence-electron chi connectivity index (χ1n) is 8.96. The highest BCUT2D eigenvalue weighted by atomic mass is 35.5. The first kappa shape index (κ1) is 19.9. The van der Waals surface area contributed by atoms with Gasteiger partial charge in [0.1, 0.15) is 12.4 Å². The summed E-state index contributed by atoms with van der Waals surface area (Å²) < 4.78 is 13.1. The third kappa shape index (κ3) is 4.91. The van der Waals surface area contributed by atoms with Crippen molar-refractivity contribution in [1.29, 1.82) is 0 Å². The van der Waals surface area contributed by atoms with Gasteiger partial charge in [0, 0.05) is 10.6 Å². The van der Waals surface area contributed by atoms with E-state index in [-0.39, 0.29) is 12.2 Å². The van der Waals surface area contributed by atoms with Crippen molar-refractivity contribution in [3.05, 3.63) is 100 Å². The second kappa shape index (κ2) is 9.40. The van der Waals surface area contributed by atoms with Gasteiger partial charge in [-0.25, -0.2) is 0 Å². The fourth-order valence-electron chi connectivity index (χ4n) is 2.85. The molecule has 0 spiro atoms. The van der Waals surface area contributed by atoms with Gasteiger partial charge >= 0.3 is 0 Å². The number of hydrogen-bond donors (Lipinski definition) is 0. The molecule has 0 amide bonds. The second-order valence-corrected chi connectivity index (χ2v) is 6.78. The van der Waals surface area contributed by atoms with Crippen LogP contribution in [0.5, 0.6) is 5.75 Å². The van der Waals surface area contributed by atoms with Crippen LogP contribution in [-0.2, 0) is 17.9 Å². The van der Waals surface area contributed by atoms with Crippen LogP contribution in [0, 0.1) is 0 Å². The number of hydrogen-bond acceptors (Lipinski definition) is 3. The van der Waals surface area contributed by atoms with Gasteiger partial charge in [-0.1, -0.05) is 55.1 Å². The molecule has 144 valence electrons. The third-order valence-electron chi connectivity index (χ3n) is 4.29. The summed E-state index contributed by atoms with van der Waals surface area (Å²) in [4.78, 5) is 13.0. The maximum Gasteiger partial charge on any atom is 0.256 e. The van der Waals surface area contributed by atoms with E-state index in [0.29, 0.717) is 30.3 Å². The standard InChI is InChI=1S/C23H22ClNO3/c1-3-17(2)15-27-16-19-13-18-9-10-20(24)14-22(18)25(23(19)26)11-12-28-21-7-5-4-6-8-21/h3-10,13-14H,1-2,11-12,15-16H2. The Hall–Kier alpha value is -2.82. The Bertz CT molecular complexity index is 1040. The quantitative estimate of drug-likeness (QED) is 0.479. The smallest absolute Gasteiger partial charge is 0.256 e. The number of ether oxygens (including phenoxy) is 2. The number of benzene rings is 2. The summed E-state index contributed by atoms with van der Waals surface area (Å²) in [6.45, 7) is 8.76. The van der Waals surface area contributed by atoms with Gasteiger partial charge in [0.2, 0.25) is 0 Å². The lowest BCUT2D eigenvalue weighted by Gasteiger charge is -2.14. The largest absolute Gasteiger partial charge is 0.492 e. The van der Waals surface area contributed by atoms with Crippen molar-refractivity contribution in [2.75, 3.05) is 13.2 Å². The Morgan fingerprint density at radius 3 is 2.68 bits per heavy atom. The van der Waals surface area contributed by atoms with Crippen molar-refractivity contribution >= 4 is 22.5 Å². The number of rotatable bonds is 9. The molecule has 4 nitrogen and oxygen atoms in total. The third-order valence-corrected chi connectivity index (χ3v) is 4.53. The average molecular weight is 396 g/mol. The molecule has 0 bridgehead atoms. The van der Waals surface area contributed by atoms with E-state index >= 15 is 0 Å². The van der Waals surface area contributed by atoms with Crippen LogP contribution >= 0.6 is 11.6 Å². The summed E-state index contributed by atoms with van der Waals surface area (Å²) in [5, 5.41) is 1.50. The molecule has 1 heterocycles. The lowest BCUT2D eigenvalue weighted by Crippen LogP contribution is -2.27. The lowest BCUT2D eigenvalue weighted by atomic mass is 10.1. The second-order valence-electron chi connectivity index (χ2n) is 6.35. The van der Waals surface area contributed by atoms with Crippen molar-refractivity contribution in [2.24, 2.45) is 0 Å². The summed E-state index contributed by atoms with van der Waals surface area (Å²) in [5.41, 5.74) is 2.00. The molecule has 0 fully saturated rings. The minimum Gasteiger partial charge on any atom is -0.492 e. The molecule has 3 aromatic rings. The number of fused-ring (bicyclic) bond motifs is 1. The maximum atomic E-state index is 13.0. The molecule has 0 saturated heterocycles. The van der Waals surface area contributed by atoms with E-state index in [1.165, 1.54) is 0 Å². The molecule has 0 aliphatic rings. The number of halogens is 1. The Morgan fingerprint density at radius 1 is 1.14 bits per heavy atom. The van der Waals surface area contributed by atoms with Crippen LogP contribution in [0.1, 0.15) is 5.56 Å². The van der Waals surface area contributed by atoms with Crippen molar-refractivity contribution in [1.82, 2.24) is 4.57 Å². The molecule has 0 saturated carbocycles. The highest BCUT2D eigenvalue weighted by Gasteiger charge is 2.11. The van der Waals surface area contributed by atoms with Gasteiger partial charge in [0.05, 0.1) is 25.3 Å². The molecular weight excluding hydrogens is 374 g/mol. The van der Waals surface area contributed by atoms with Gasteiger partial charge in [-0.15, -0.1) is 0 Å². The first-order chi connectivity index (χ1) is 13.6. The average Bonchev–Trinajstić information content (AvgIpc) is 2.71. The van der Waals surface area contributed by atoms with E-state index < -0.39 is 0 Å². The molecule has 0 atom stereocenters. The van der Waals surface area contributed by atoms with Crippen molar-refractivity contribution < 1.29 is 9.47 Å². The minimum absolute atomic E-state index is 0.115. The zero-order valence-electron chi connectivity index (χ0n) is 15.6. The fraction of sp³-hybridized carbons (Fsp3) is 0.174. The lowest BCUT2D eigenvalue weighted by molar-refractivity contribution is 0.143. The van der Waals surface area contributed by atoms with E-state index in [4.69, 9.17) is 21.1 Å². The van der Waals surface area contributed by atoms with E-state index in [9.17, 15) is 4.79 Å². The van der Waals surface area contributed by atoms with Crippen LogP contribution in [0.15, 0.2) is 84.2 Å². The number of nitrogens with zero attached hydrogens (tertiary/aromatic N) is 1. The summed E-state index contributed by atoms with van der Waals surface area (Å²) in [6.07, 6.45) is 1.64. The van der Waals surface area contributed by atoms with Gasteiger partial charge in [-0.3, -0.25) is 4.79 Å². The monoisotopic (exact) mass is 395 g/mol. The highest BCUT2D eigenvalue weighted by molar-refractivity contribution is 6.31. The van der Waals surface area contributed by atoms with Crippen LogP contribution in [0.3, 0.4) is 0 Å². The number of pyridine rings is 1. The topological polar surface area (TPSA) is 40.5 Å². The van der Waals surface area contributed by atoms with E-state index in [1.807, 2.05) is 48.5 Å². The van der Waals surface area contributed by atoms with E-state index in [1.54, 1.807) is 16.7 Å². The van der Waals surface area contributed by atoms with E-state index in [2.05, 4.69) is 13.2 Å². The van der Waals surface area contributed by atoms with Crippen LogP contribution in [0.2, 0.25) is 5.02 Å². The SMILES string of the molecule is C=CC(=C)COCc1cc2ccc(Cl)cc2n(CCOc2ccccc2)c1=O. The Morgan fingerprint density at radius 2 is 1.93 bits per heavy atom. The van der Waals surface area contributed by atoms with Crippen LogP contribution in [0.25, 0.3) is 10.9 Å². The first-order valence-corrected chi connectivity index (χ1v) is 9.34. The molecule has 2 aromatic carbocycles. The predicted molar refractivity (Wildman–Crippen MR) is 114 cm³/mol. The van der Waals surface area contributed by atoms with Crippen LogP contribution in [-0.4, -0.2) is 17.8 Å². The van der Waals surface area contributed by atoms with Crippen LogP contribution in [0.4, 0.5) is 0 Å². The van der Waals surface area contributed by atoms with Gasteiger partial charge in [-0.05, 0) is 41.3 Å². The molecular formula is C23H22ClNO3. The maximum absolute atomic E-state index is 13.0. The van der Waals surface area contributed by atoms with Crippen molar-refractivity contribution in [3.8, 4) is 5.75 Å². The molecule has 3 rings (SSSR count). The molecule has 0 aliphatic heterocycles. The van der Waals surface area contributed by atoms with Crippen molar-refractivity contribution in [3.63, 3.8) is 0 Å². The zero-order chi connectivity index (χ0) is 19.9. The minimum atomic E-state index is -0.115. The summed E-state index contributed by atoms with van der Waals surface area (Å²) in [5.74, 6) is 0.764. The molecule has 5 heteroatoms. The number of aromatic nitrogens is 1. The van der Waals surface area contributed by atoms with Gasteiger partial charge < -0.3 is 14.0 Å². The zero-order valence-corrected chi connectivity index (χ0v) is 16.3. The summed E-state index contributed by atoms with van der Waals surface area (Å²) in [7, 11) is 0. The van der Waals surface area contributed by atoms with Crippen LogP contribution < -0.4 is 10.3 Å². The highest BCUT2D eigenvalue weighted by Crippen LogP contribution is 2.20. The molecule has 28 heavy (non-hydrogen) atoms. The predicted octanol–water partition coefficient (Wildman–Crippen LogP) is 4.99. The summed E-state index contributed by atoms with van der Waals surface area (Å²) >= 11 is 6.16. The Balaban J connectivity index is 1.85. The molecule has 0 unspecified atom stereocenters. The molecule has 0 N–H and O–H groups in total. The van der Waals surface area contributed by atoms with Crippen molar-refractivity contribution in [2.45, 2.75) is 13.2 Å². The van der Waals surface area contributed by atoms with Gasteiger partial charge in [0.25, 0.3) is 5.56 Å². The summed E-state index contributed by atoms with van der Waals surface area (Å²) in [6, 6.07) is 16.9. The number of para-hydroxylation sites is 1. The normalized spacial score (nSPS) is 10.8.